The summed E-state index contributed by atoms with van der Waals surface area (Å²) in [6.07, 6.45) is 34.5. The number of unbranched alkanes of at least 4 members (excludes halogenated alkanes) is 17. The van der Waals surface area contributed by atoms with Crippen LogP contribution in [0.4, 0.5) is 0 Å². The first-order chi connectivity index (χ1) is 24.2. The van der Waals surface area contributed by atoms with E-state index in [1.54, 1.807) is 18.5 Å². The number of carbonyl (C=O) groups is 1. The highest BCUT2D eigenvalue weighted by molar-refractivity contribution is 5.68. The van der Waals surface area contributed by atoms with E-state index in [1.807, 2.05) is 0 Å². The summed E-state index contributed by atoms with van der Waals surface area (Å²) in [7, 11) is 1.43. The zero-order valence-electron chi connectivity index (χ0n) is 31.5. The zero-order chi connectivity index (χ0) is 34.9. The summed E-state index contributed by atoms with van der Waals surface area (Å²) in [4.78, 5) is 19.6. The Kier molecular flexibility index (Phi) is 31.0. The van der Waals surface area contributed by atoms with Crippen molar-refractivity contribution in [2.24, 2.45) is 0 Å². The minimum Gasteiger partial charge on any atom is -1.00 e. The molecule has 0 bridgehead atoms. The van der Waals surface area contributed by atoms with Gasteiger partial charge in [0.2, 0.25) is 6.33 Å². The fraction of sp³-hybridized carbons (Fsp3) is 0.795. The number of rotatable bonds is 35. The Bertz CT molecular complexity index is 1020. The second-order valence-electron chi connectivity index (χ2n) is 13.1. The molecule has 2 aromatic heterocycles. The van der Waals surface area contributed by atoms with E-state index in [0.29, 0.717) is 45.5 Å². The molecule has 0 aromatic carbocycles. The van der Waals surface area contributed by atoms with Crippen LogP contribution in [0.15, 0.2) is 37.2 Å². The summed E-state index contributed by atoms with van der Waals surface area (Å²) in [6, 6.07) is 2.11. The van der Waals surface area contributed by atoms with Crippen molar-refractivity contribution in [3.63, 3.8) is 0 Å². The third-order valence-corrected chi connectivity index (χ3v) is 8.70. The van der Waals surface area contributed by atoms with E-state index in [9.17, 15) is 4.79 Å². The van der Waals surface area contributed by atoms with Gasteiger partial charge in [0.05, 0.1) is 46.7 Å². The average Bonchev–Trinajstić information content (AvgIpc) is 3.58. The standard InChI is InChI=1S/C39H69N4O6.ClH/c1-3-4-5-6-7-8-9-10-11-12-13-14-15-16-17-21-30-47-34-37(49-39-40-24-22-25-41-39)35-48-33-32-46-31-29-43-28-27-42(36-43)26-20-18-19-23-38(44)45-2;/h22,24-25,27-28,36-37H,3-21,23,26,29-35H2,1-2H3;1H/q+1;/p-1. The van der Waals surface area contributed by atoms with Crippen molar-refractivity contribution in [3.05, 3.63) is 37.2 Å². The average molecular weight is 725 g/mol. The number of ether oxygens (including phenoxy) is 5. The van der Waals surface area contributed by atoms with Crippen LogP contribution in [0.25, 0.3) is 0 Å². The lowest BCUT2D eigenvalue weighted by atomic mass is 10.0. The van der Waals surface area contributed by atoms with E-state index in [0.717, 1.165) is 45.4 Å². The van der Waals surface area contributed by atoms with Gasteiger partial charge >= 0.3 is 12.0 Å². The molecule has 0 amide bonds. The number of imidazole rings is 1. The van der Waals surface area contributed by atoms with Crippen LogP contribution in [-0.4, -0.2) is 73.4 Å². The molecule has 288 valence electrons. The van der Waals surface area contributed by atoms with Gasteiger partial charge in [0.25, 0.3) is 0 Å². The van der Waals surface area contributed by atoms with Gasteiger partial charge in [-0.05, 0) is 31.7 Å². The van der Waals surface area contributed by atoms with Crippen molar-refractivity contribution in [2.75, 3.05) is 46.8 Å². The minimum atomic E-state index is -0.278. The van der Waals surface area contributed by atoms with Crippen molar-refractivity contribution in [1.82, 2.24) is 14.5 Å². The second-order valence-corrected chi connectivity index (χ2v) is 13.1. The van der Waals surface area contributed by atoms with Gasteiger partial charge in [-0.1, -0.05) is 103 Å². The molecule has 2 heterocycles. The molecular weight excluding hydrogens is 656 g/mol. The first-order valence-corrected chi connectivity index (χ1v) is 19.5. The molecule has 0 saturated heterocycles. The molecule has 1 atom stereocenters. The van der Waals surface area contributed by atoms with E-state index in [-0.39, 0.29) is 24.5 Å². The molecule has 0 N–H and O–H groups in total. The van der Waals surface area contributed by atoms with Gasteiger partial charge in [-0.2, -0.15) is 0 Å². The summed E-state index contributed by atoms with van der Waals surface area (Å²) in [5.41, 5.74) is 0. The van der Waals surface area contributed by atoms with E-state index in [4.69, 9.17) is 18.9 Å². The zero-order valence-corrected chi connectivity index (χ0v) is 32.2. The van der Waals surface area contributed by atoms with Gasteiger partial charge in [0.1, 0.15) is 25.0 Å². The molecule has 0 radical (unpaired) electrons. The minimum absolute atomic E-state index is 0. The molecule has 0 saturated carbocycles. The molecule has 0 spiro atoms. The quantitative estimate of drug-likeness (QED) is 0.0553. The molecule has 0 aliphatic heterocycles. The second kappa shape index (κ2) is 33.9. The number of carbonyl (C=O) groups excluding carboxylic acids is 1. The van der Waals surface area contributed by atoms with Crippen molar-refractivity contribution in [3.8, 4) is 6.01 Å². The monoisotopic (exact) mass is 724 g/mol. The van der Waals surface area contributed by atoms with Gasteiger partial charge < -0.3 is 36.1 Å². The number of aryl methyl sites for hydroxylation is 1. The molecule has 11 heteroatoms. The van der Waals surface area contributed by atoms with E-state index in [2.05, 4.69) is 49.5 Å². The van der Waals surface area contributed by atoms with Crippen LogP contribution in [0.5, 0.6) is 6.01 Å². The molecule has 1 unspecified atom stereocenters. The van der Waals surface area contributed by atoms with Gasteiger partial charge in [0.15, 0.2) is 0 Å². The molecule has 0 fully saturated rings. The Balaban J connectivity index is 0.0000125. The highest BCUT2D eigenvalue weighted by Gasteiger charge is 2.13. The Morgan fingerprint density at radius 1 is 0.720 bits per heavy atom. The van der Waals surface area contributed by atoms with Gasteiger partial charge in [0, 0.05) is 25.4 Å². The lowest BCUT2D eigenvalue weighted by Crippen LogP contribution is -3.00. The third-order valence-electron chi connectivity index (χ3n) is 8.70. The first kappa shape index (κ1) is 45.8. The summed E-state index contributed by atoms with van der Waals surface area (Å²) >= 11 is 0. The highest BCUT2D eigenvalue weighted by atomic mass is 35.5. The number of methoxy groups -OCH3 is 1. The maximum absolute atomic E-state index is 11.2. The van der Waals surface area contributed by atoms with Crippen LogP contribution >= 0.6 is 0 Å². The summed E-state index contributed by atoms with van der Waals surface area (Å²) in [5, 5.41) is 0. The molecule has 0 aliphatic carbocycles. The van der Waals surface area contributed by atoms with Crippen molar-refractivity contribution in [1.29, 1.82) is 0 Å². The van der Waals surface area contributed by atoms with Crippen LogP contribution in [-0.2, 0) is 36.8 Å². The lowest BCUT2D eigenvalue weighted by molar-refractivity contribution is -0.696. The van der Waals surface area contributed by atoms with Crippen LogP contribution in [0.3, 0.4) is 0 Å². The number of aromatic nitrogens is 4. The SMILES string of the molecule is CCCCCCCCCCCCCCCCCCOCC(COCCOCCn1cc[n+](CCCCCC(=O)OC)c1)Oc1ncccn1.[Cl-]. The Hall–Kier alpha value is -2.27. The normalized spacial score (nSPS) is 11.7. The lowest BCUT2D eigenvalue weighted by Gasteiger charge is -2.18. The highest BCUT2D eigenvalue weighted by Crippen LogP contribution is 2.14. The molecule has 2 rings (SSSR count). The smallest absolute Gasteiger partial charge is 0.316 e. The Morgan fingerprint density at radius 2 is 1.28 bits per heavy atom. The van der Waals surface area contributed by atoms with Gasteiger partial charge in [-0.25, -0.2) is 19.1 Å². The van der Waals surface area contributed by atoms with Crippen molar-refractivity contribution in [2.45, 2.75) is 155 Å². The number of esters is 1. The molecule has 2 aromatic rings. The fourth-order valence-electron chi connectivity index (χ4n) is 5.73. The molecule has 0 aliphatic rings. The Labute approximate surface area is 309 Å². The molecule has 50 heavy (non-hydrogen) atoms. The molecule has 10 nitrogen and oxygen atoms in total. The topological polar surface area (TPSA) is 97.8 Å². The number of hydrogen-bond acceptors (Lipinski definition) is 8. The largest absolute Gasteiger partial charge is 1.00 e. The van der Waals surface area contributed by atoms with Gasteiger partial charge in [-0.3, -0.25) is 4.79 Å². The van der Waals surface area contributed by atoms with Crippen molar-refractivity contribution < 1.29 is 45.5 Å². The predicted octanol–water partition coefficient (Wildman–Crippen LogP) is 5.06. The summed E-state index contributed by atoms with van der Waals surface area (Å²) in [6.45, 7) is 7.15. The number of halogens is 1. The number of hydrogen-bond donors (Lipinski definition) is 0. The summed E-state index contributed by atoms with van der Waals surface area (Å²) in [5.74, 6) is -0.135. The third kappa shape index (κ3) is 26.5. The van der Waals surface area contributed by atoms with Crippen molar-refractivity contribution >= 4 is 5.97 Å². The molecular formula is C39H69ClN4O6. The van der Waals surface area contributed by atoms with Gasteiger partial charge in [-0.15, -0.1) is 0 Å². The number of nitrogens with zero attached hydrogens (tertiary/aromatic N) is 4. The maximum atomic E-state index is 11.2. The maximum Gasteiger partial charge on any atom is 0.316 e. The van der Waals surface area contributed by atoms with E-state index in [1.165, 1.54) is 103 Å². The Morgan fingerprint density at radius 3 is 1.90 bits per heavy atom. The van der Waals surface area contributed by atoms with Crippen LogP contribution in [0.2, 0.25) is 0 Å². The summed E-state index contributed by atoms with van der Waals surface area (Å²) < 4.78 is 32.6. The van der Waals surface area contributed by atoms with E-state index >= 15 is 0 Å². The first-order valence-electron chi connectivity index (χ1n) is 19.5. The fourth-order valence-corrected chi connectivity index (χ4v) is 5.73. The van der Waals surface area contributed by atoms with E-state index < -0.39 is 0 Å². The van der Waals surface area contributed by atoms with Crippen LogP contribution in [0.1, 0.15) is 135 Å². The predicted molar refractivity (Wildman–Crippen MR) is 194 cm³/mol. The van der Waals surface area contributed by atoms with Crippen LogP contribution in [0, 0.1) is 0 Å². The van der Waals surface area contributed by atoms with Crippen LogP contribution < -0.4 is 21.7 Å².